The van der Waals surface area contributed by atoms with E-state index in [2.05, 4.69) is 20.5 Å². The summed E-state index contributed by atoms with van der Waals surface area (Å²) in [6, 6.07) is 3.60. The van der Waals surface area contributed by atoms with Gasteiger partial charge in [-0.1, -0.05) is 38.2 Å². The largest absolute Gasteiger partial charge is 0.379 e. The van der Waals surface area contributed by atoms with Gasteiger partial charge in [0.15, 0.2) is 0 Å². The van der Waals surface area contributed by atoms with Crippen molar-refractivity contribution in [1.29, 1.82) is 0 Å². The number of pyridine rings is 1. The predicted molar refractivity (Wildman–Crippen MR) is 142 cm³/mol. The number of hydrogen-bond donors (Lipinski definition) is 2. The maximum Gasteiger partial charge on any atom is 0.315 e. The molecule has 2 aliphatic rings. The minimum absolute atomic E-state index is 0.177. The number of nitrogens with zero attached hydrogens (tertiary/aromatic N) is 3. The molecule has 2 heterocycles. The summed E-state index contributed by atoms with van der Waals surface area (Å²) in [6.45, 7) is 6.61. The highest BCUT2D eigenvalue weighted by Gasteiger charge is 2.32. The van der Waals surface area contributed by atoms with E-state index in [1.54, 1.807) is 16.7 Å². The molecule has 36 heavy (non-hydrogen) atoms. The first kappa shape index (κ1) is 28.8. The number of unbranched alkanes of at least 4 members (excludes halogenated alkanes) is 3. The van der Waals surface area contributed by atoms with E-state index in [9.17, 15) is 13.2 Å². The number of sulfonamides is 1. The Morgan fingerprint density at radius 1 is 1.03 bits per heavy atom. The predicted octanol–water partition coefficient (Wildman–Crippen LogP) is 3.13. The molecule has 1 aromatic rings. The maximum absolute atomic E-state index is 13.4. The Labute approximate surface area is 217 Å². The van der Waals surface area contributed by atoms with Crippen LogP contribution in [-0.4, -0.2) is 86.4 Å². The molecule has 0 unspecified atom stereocenters. The van der Waals surface area contributed by atoms with Gasteiger partial charge >= 0.3 is 6.03 Å². The fourth-order valence-electron chi connectivity index (χ4n) is 4.95. The number of aromatic nitrogens is 1. The van der Waals surface area contributed by atoms with Crippen LogP contribution in [0.4, 0.5) is 4.79 Å². The fourth-order valence-corrected chi connectivity index (χ4v) is 7.07. The summed E-state index contributed by atoms with van der Waals surface area (Å²) in [5.41, 5.74) is 0.963. The second-order valence-electron chi connectivity index (χ2n) is 9.90. The lowest BCUT2D eigenvalue weighted by Crippen LogP contribution is -2.42. The SMILES string of the molecule is O=C(NCCCCCCN(CCCN1CCOCC1)S(=O)(=O)C1CCCCC1)NCc1cccnc1. The molecule has 1 aromatic heterocycles. The highest BCUT2D eigenvalue weighted by Crippen LogP contribution is 2.26. The van der Waals surface area contributed by atoms with Crippen LogP contribution in [0.5, 0.6) is 0 Å². The number of hydrogen-bond acceptors (Lipinski definition) is 6. The van der Waals surface area contributed by atoms with Gasteiger partial charge in [-0.2, -0.15) is 0 Å². The Morgan fingerprint density at radius 3 is 2.53 bits per heavy atom. The van der Waals surface area contributed by atoms with Crippen molar-refractivity contribution in [3.63, 3.8) is 0 Å². The fraction of sp³-hybridized carbons (Fsp3) is 0.769. The Morgan fingerprint density at radius 2 is 1.78 bits per heavy atom. The molecular weight excluding hydrogens is 478 g/mol. The first-order valence-electron chi connectivity index (χ1n) is 13.8. The lowest BCUT2D eigenvalue weighted by Gasteiger charge is -2.31. The number of morpholine rings is 1. The van der Waals surface area contributed by atoms with Crippen LogP contribution in [0.1, 0.15) is 69.8 Å². The average molecular weight is 524 g/mol. The van der Waals surface area contributed by atoms with Crippen molar-refractivity contribution < 1.29 is 17.9 Å². The van der Waals surface area contributed by atoms with Crippen LogP contribution in [0, 0.1) is 0 Å². The Kier molecular flexibility index (Phi) is 12.9. The van der Waals surface area contributed by atoms with Crippen molar-refractivity contribution in [2.75, 3.05) is 52.5 Å². The zero-order valence-corrected chi connectivity index (χ0v) is 22.5. The summed E-state index contributed by atoms with van der Waals surface area (Å²) < 4.78 is 34.0. The molecule has 1 saturated carbocycles. The number of ether oxygens (including phenoxy) is 1. The molecule has 2 N–H and O–H groups in total. The highest BCUT2D eigenvalue weighted by molar-refractivity contribution is 7.89. The number of carbonyl (C=O) groups excluding carboxylic acids is 1. The molecule has 2 amide bonds. The van der Waals surface area contributed by atoms with Gasteiger partial charge in [0, 0.05) is 51.7 Å². The smallest absolute Gasteiger partial charge is 0.315 e. The van der Waals surface area contributed by atoms with Crippen LogP contribution in [0.25, 0.3) is 0 Å². The highest BCUT2D eigenvalue weighted by atomic mass is 32.2. The van der Waals surface area contributed by atoms with E-state index in [4.69, 9.17) is 4.74 Å². The van der Waals surface area contributed by atoms with Gasteiger partial charge < -0.3 is 15.4 Å². The molecule has 0 aromatic carbocycles. The van der Waals surface area contributed by atoms with E-state index in [1.165, 1.54) is 0 Å². The lowest BCUT2D eigenvalue weighted by molar-refractivity contribution is 0.0369. The van der Waals surface area contributed by atoms with Crippen molar-refractivity contribution in [2.24, 2.45) is 0 Å². The van der Waals surface area contributed by atoms with Crippen molar-refractivity contribution in [1.82, 2.24) is 24.8 Å². The molecule has 10 heteroatoms. The maximum atomic E-state index is 13.4. The molecule has 1 aliphatic heterocycles. The van der Waals surface area contributed by atoms with E-state index in [-0.39, 0.29) is 11.3 Å². The molecular formula is C26H45N5O4S. The third kappa shape index (κ3) is 10.3. The molecule has 1 aliphatic carbocycles. The van der Waals surface area contributed by atoms with E-state index in [1.807, 2.05) is 12.1 Å². The summed E-state index contributed by atoms with van der Waals surface area (Å²) in [5, 5.41) is 5.52. The van der Waals surface area contributed by atoms with Crippen LogP contribution >= 0.6 is 0 Å². The Bertz CT molecular complexity index is 843. The molecule has 204 valence electrons. The van der Waals surface area contributed by atoms with Crippen molar-refractivity contribution in [2.45, 2.75) is 76.0 Å². The monoisotopic (exact) mass is 523 g/mol. The summed E-state index contributed by atoms with van der Waals surface area (Å²) >= 11 is 0. The minimum atomic E-state index is -3.24. The first-order chi connectivity index (χ1) is 17.6. The third-order valence-electron chi connectivity index (χ3n) is 7.11. The lowest BCUT2D eigenvalue weighted by atomic mass is 10.0. The van der Waals surface area contributed by atoms with E-state index in [0.29, 0.717) is 26.2 Å². The van der Waals surface area contributed by atoms with Gasteiger partial charge in [-0.15, -0.1) is 0 Å². The molecule has 2 fully saturated rings. The second kappa shape index (κ2) is 16.2. The number of urea groups is 1. The quantitative estimate of drug-likeness (QED) is 0.342. The van der Waals surface area contributed by atoms with E-state index < -0.39 is 10.0 Å². The second-order valence-corrected chi connectivity index (χ2v) is 12.1. The van der Waals surface area contributed by atoms with E-state index in [0.717, 1.165) is 103 Å². The van der Waals surface area contributed by atoms with Crippen LogP contribution in [0.2, 0.25) is 0 Å². The van der Waals surface area contributed by atoms with Crippen LogP contribution in [-0.2, 0) is 21.3 Å². The van der Waals surface area contributed by atoms with Gasteiger partial charge in [-0.25, -0.2) is 17.5 Å². The summed E-state index contributed by atoms with van der Waals surface area (Å²) in [4.78, 5) is 18.4. The molecule has 0 spiro atoms. The standard InChI is InChI=1S/C26H45N5O4S/c32-26(29-23-24-10-8-13-27-22-24)28-14-6-1-2-7-16-31(17-9-15-30-18-20-35-21-19-30)36(33,34)25-11-4-3-5-12-25/h8,10,13,22,25H,1-7,9,11-12,14-21,23H2,(H2,28,29,32). The number of amides is 2. The summed E-state index contributed by atoms with van der Waals surface area (Å²) in [5.74, 6) is 0. The van der Waals surface area contributed by atoms with Crippen molar-refractivity contribution in [3.05, 3.63) is 30.1 Å². The topological polar surface area (TPSA) is 104 Å². The molecule has 1 saturated heterocycles. The van der Waals surface area contributed by atoms with Gasteiger partial charge in [0.05, 0.1) is 18.5 Å². The molecule has 0 radical (unpaired) electrons. The number of rotatable bonds is 15. The number of nitrogens with one attached hydrogen (secondary N) is 2. The summed E-state index contributed by atoms with van der Waals surface area (Å²) in [6.07, 6.45) is 12.8. The van der Waals surface area contributed by atoms with Gasteiger partial charge in [-0.3, -0.25) is 9.88 Å². The zero-order valence-electron chi connectivity index (χ0n) is 21.7. The Hall–Kier alpha value is -1.75. The molecule has 3 rings (SSSR count). The van der Waals surface area contributed by atoms with Gasteiger partial charge in [0.2, 0.25) is 10.0 Å². The summed E-state index contributed by atoms with van der Waals surface area (Å²) in [7, 11) is -3.24. The first-order valence-corrected chi connectivity index (χ1v) is 15.3. The van der Waals surface area contributed by atoms with E-state index >= 15 is 0 Å². The zero-order chi connectivity index (χ0) is 25.5. The molecule has 0 bridgehead atoms. The van der Waals surface area contributed by atoms with Crippen LogP contribution < -0.4 is 10.6 Å². The Balaban J connectivity index is 1.33. The van der Waals surface area contributed by atoms with Crippen molar-refractivity contribution in [3.8, 4) is 0 Å². The van der Waals surface area contributed by atoms with Crippen LogP contribution in [0.15, 0.2) is 24.5 Å². The third-order valence-corrected chi connectivity index (χ3v) is 9.51. The van der Waals surface area contributed by atoms with Gasteiger partial charge in [0.1, 0.15) is 0 Å². The molecule has 0 atom stereocenters. The minimum Gasteiger partial charge on any atom is -0.379 e. The normalized spacial score (nSPS) is 17.8. The van der Waals surface area contributed by atoms with Crippen LogP contribution in [0.3, 0.4) is 0 Å². The average Bonchev–Trinajstić information content (AvgIpc) is 2.92. The van der Waals surface area contributed by atoms with Crippen molar-refractivity contribution >= 4 is 16.1 Å². The molecule has 9 nitrogen and oxygen atoms in total. The number of carbonyl (C=O) groups is 1. The van der Waals surface area contributed by atoms with Gasteiger partial charge in [-0.05, 0) is 50.3 Å². The van der Waals surface area contributed by atoms with Gasteiger partial charge in [0.25, 0.3) is 0 Å².